The molecule has 1 heterocycles. The Bertz CT molecular complexity index is 278. The topological polar surface area (TPSA) is 87.1 Å². The molecular weight excluding hydrogens is 220 g/mol. The first-order valence-electron chi connectivity index (χ1n) is 3.42. The number of nitrogens with zero attached hydrogens (tertiary/aromatic N) is 1. The number of ether oxygens (including phenoxy) is 1. The molecule has 0 aromatic heterocycles. The van der Waals surface area contributed by atoms with Crippen LogP contribution in [0, 0.1) is 0 Å². The number of cyclic esters (lactones) is 1. The second kappa shape index (κ2) is 3.13. The van der Waals surface area contributed by atoms with Crippen molar-refractivity contribution in [1.29, 1.82) is 0 Å². The molecule has 13 heavy (non-hydrogen) atoms. The molecule has 0 aliphatic carbocycles. The molecule has 0 spiro atoms. The molecule has 0 radical (unpaired) electrons. The molecule has 0 aromatic rings. The number of carbonyl (C=O) groups is 1. The normalized spacial score (nSPS) is 29.2. The van der Waals surface area contributed by atoms with Gasteiger partial charge < -0.3 is 14.5 Å². The van der Waals surface area contributed by atoms with Crippen LogP contribution in [0.25, 0.3) is 0 Å². The zero-order valence-corrected chi connectivity index (χ0v) is 8.46. The molecule has 1 atom stereocenters. The van der Waals surface area contributed by atoms with Crippen LogP contribution in [-0.2, 0) is 9.30 Å². The zero-order chi connectivity index (χ0) is 10.3. The van der Waals surface area contributed by atoms with Gasteiger partial charge in [-0.25, -0.2) is 9.21 Å². The van der Waals surface area contributed by atoms with E-state index in [0.717, 1.165) is 0 Å². The number of rotatable bonds is 2. The summed E-state index contributed by atoms with van der Waals surface area (Å²) in [6.07, 6.45) is -1.28. The van der Waals surface area contributed by atoms with E-state index >= 15 is 0 Å². The van der Waals surface area contributed by atoms with Crippen LogP contribution in [0.3, 0.4) is 0 Å². The van der Waals surface area contributed by atoms with Crippen molar-refractivity contribution < 1.29 is 23.9 Å². The Hall–Kier alpha value is -0.290. The standard InChI is InChI=1S/C5H9ClNO5P/c1-5(3-13(9,10)11)2-12-4(8)7(5)6/h2-3H2,1H3,(H2,9,10,11). The number of hydrogen-bond donors (Lipinski definition) is 2. The number of halogens is 1. The van der Waals surface area contributed by atoms with Gasteiger partial charge in [-0.3, -0.25) is 4.57 Å². The van der Waals surface area contributed by atoms with Crippen molar-refractivity contribution in [3.8, 4) is 0 Å². The Kier molecular flexibility index (Phi) is 2.60. The lowest BCUT2D eigenvalue weighted by atomic mass is 10.1. The van der Waals surface area contributed by atoms with Crippen molar-refractivity contribution in [2.45, 2.75) is 12.5 Å². The molecule has 8 heteroatoms. The summed E-state index contributed by atoms with van der Waals surface area (Å²) in [6, 6.07) is 0. The molecule has 1 aliphatic heterocycles. The molecule has 1 rings (SSSR count). The van der Waals surface area contributed by atoms with Gasteiger partial charge in [-0.2, -0.15) is 0 Å². The Morgan fingerprint density at radius 2 is 2.31 bits per heavy atom. The van der Waals surface area contributed by atoms with E-state index in [1.165, 1.54) is 6.92 Å². The van der Waals surface area contributed by atoms with Crippen LogP contribution in [0.5, 0.6) is 0 Å². The van der Waals surface area contributed by atoms with E-state index in [9.17, 15) is 9.36 Å². The highest BCUT2D eigenvalue weighted by atomic mass is 35.5. The maximum absolute atomic E-state index is 10.8. The van der Waals surface area contributed by atoms with Crippen LogP contribution in [0.2, 0.25) is 0 Å². The predicted molar refractivity (Wildman–Crippen MR) is 44.4 cm³/mol. The molecule has 76 valence electrons. The summed E-state index contributed by atoms with van der Waals surface area (Å²) in [5, 5.41) is 0. The summed E-state index contributed by atoms with van der Waals surface area (Å²) in [7, 11) is -4.20. The van der Waals surface area contributed by atoms with Gasteiger partial charge >= 0.3 is 13.7 Å². The van der Waals surface area contributed by atoms with Crippen molar-refractivity contribution in [2.24, 2.45) is 0 Å². The van der Waals surface area contributed by atoms with Crippen LogP contribution in [0.4, 0.5) is 4.79 Å². The van der Waals surface area contributed by atoms with E-state index < -0.39 is 25.4 Å². The molecule has 1 fully saturated rings. The minimum Gasteiger partial charge on any atom is -0.446 e. The maximum atomic E-state index is 10.8. The monoisotopic (exact) mass is 229 g/mol. The van der Waals surface area contributed by atoms with Gasteiger partial charge in [0, 0.05) is 11.8 Å². The quantitative estimate of drug-likeness (QED) is 0.533. The van der Waals surface area contributed by atoms with E-state index in [2.05, 4.69) is 4.74 Å². The van der Waals surface area contributed by atoms with Crippen molar-refractivity contribution in [1.82, 2.24) is 4.42 Å². The SMILES string of the molecule is CC1(CP(=O)(O)O)COC(=O)N1Cl. The Morgan fingerprint density at radius 1 is 1.77 bits per heavy atom. The molecule has 0 bridgehead atoms. The van der Waals surface area contributed by atoms with Crippen molar-refractivity contribution >= 4 is 25.5 Å². The van der Waals surface area contributed by atoms with Crippen molar-refractivity contribution in [2.75, 3.05) is 12.8 Å². The van der Waals surface area contributed by atoms with E-state index in [1.807, 2.05) is 0 Å². The van der Waals surface area contributed by atoms with E-state index in [1.54, 1.807) is 0 Å². The largest absolute Gasteiger partial charge is 0.446 e. The first-order valence-corrected chi connectivity index (χ1v) is 5.55. The first kappa shape index (κ1) is 10.8. The highest BCUT2D eigenvalue weighted by Gasteiger charge is 2.47. The molecule has 0 saturated carbocycles. The van der Waals surface area contributed by atoms with Gasteiger partial charge in [-0.1, -0.05) is 0 Å². The van der Waals surface area contributed by atoms with Gasteiger partial charge in [0.05, 0.1) is 6.16 Å². The summed E-state index contributed by atoms with van der Waals surface area (Å²) in [5.74, 6) is 0. The lowest BCUT2D eigenvalue weighted by molar-refractivity contribution is 0.169. The van der Waals surface area contributed by atoms with Gasteiger partial charge in [-0.05, 0) is 6.92 Å². The van der Waals surface area contributed by atoms with E-state index in [0.29, 0.717) is 4.42 Å². The average Bonchev–Trinajstić information content (AvgIpc) is 2.14. The lowest BCUT2D eigenvalue weighted by Crippen LogP contribution is -2.41. The van der Waals surface area contributed by atoms with Crippen molar-refractivity contribution in [3.63, 3.8) is 0 Å². The average molecular weight is 230 g/mol. The molecule has 2 N–H and O–H groups in total. The van der Waals surface area contributed by atoms with Crippen molar-refractivity contribution in [3.05, 3.63) is 0 Å². The fourth-order valence-electron chi connectivity index (χ4n) is 1.10. The Labute approximate surface area is 79.7 Å². The predicted octanol–water partition coefficient (Wildman–Crippen LogP) is 0.529. The minimum absolute atomic E-state index is 0.111. The molecule has 1 saturated heterocycles. The Balaban J connectivity index is 2.78. The second-order valence-corrected chi connectivity index (χ2v) is 5.14. The molecule has 1 unspecified atom stereocenters. The Morgan fingerprint density at radius 3 is 2.62 bits per heavy atom. The summed E-state index contributed by atoms with van der Waals surface area (Å²) >= 11 is 5.49. The number of amides is 1. The highest BCUT2D eigenvalue weighted by Crippen LogP contribution is 2.42. The smallest absolute Gasteiger partial charge is 0.425 e. The third kappa shape index (κ3) is 2.34. The van der Waals surface area contributed by atoms with E-state index in [4.69, 9.17) is 21.6 Å². The molecular formula is C5H9ClNO5P. The van der Waals surface area contributed by atoms with Crippen LogP contribution in [0.1, 0.15) is 6.92 Å². The summed E-state index contributed by atoms with van der Waals surface area (Å²) in [6.45, 7) is 1.34. The third-order valence-electron chi connectivity index (χ3n) is 1.69. The summed E-state index contributed by atoms with van der Waals surface area (Å²) in [4.78, 5) is 28.2. The number of hydrogen-bond acceptors (Lipinski definition) is 3. The fraction of sp³-hybridized carbons (Fsp3) is 0.800. The minimum atomic E-state index is -4.20. The molecule has 1 aliphatic rings. The first-order chi connectivity index (χ1) is 5.75. The number of carbonyl (C=O) groups excluding carboxylic acids is 1. The van der Waals surface area contributed by atoms with Crippen LogP contribution < -0.4 is 0 Å². The summed E-state index contributed by atoms with van der Waals surface area (Å²) in [5.41, 5.74) is -1.13. The lowest BCUT2D eigenvalue weighted by Gasteiger charge is -2.25. The molecule has 0 aromatic carbocycles. The van der Waals surface area contributed by atoms with Gasteiger partial charge in [0.25, 0.3) is 0 Å². The molecule has 6 nitrogen and oxygen atoms in total. The van der Waals surface area contributed by atoms with Gasteiger partial charge in [-0.15, -0.1) is 0 Å². The third-order valence-corrected chi connectivity index (χ3v) is 3.33. The summed E-state index contributed by atoms with van der Waals surface area (Å²) < 4.78 is 15.9. The van der Waals surface area contributed by atoms with Crippen LogP contribution >= 0.6 is 19.4 Å². The molecule has 1 amide bonds. The van der Waals surface area contributed by atoms with Gasteiger partial charge in [0.1, 0.15) is 12.1 Å². The zero-order valence-electron chi connectivity index (χ0n) is 6.81. The van der Waals surface area contributed by atoms with Gasteiger partial charge in [0.15, 0.2) is 0 Å². The van der Waals surface area contributed by atoms with Crippen LogP contribution in [-0.4, -0.2) is 38.6 Å². The van der Waals surface area contributed by atoms with Crippen LogP contribution in [0.15, 0.2) is 0 Å². The van der Waals surface area contributed by atoms with E-state index in [-0.39, 0.29) is 6.61 Å². The fourth-order valence-corrected chi connectivity index (χ4v) is 2.46. The van der Waals surface area contributed by atoms with Gasteiger partial charge in [0.2, 0.25) is 0 Å². The second-order valence-electron chi connectivity index (χ2n) is 3.16. The highest BCUT2D eigenvalue weighted by molar-refractivity contribution is 7.51. The maximum Gasteiger partial charge on any atom is 0.425 e.